The standard InChI is InChI=1S/C25H19ClN2O4S/c1-2-31-21-14-16(8-13-20(21)32-24(30)17-6-4-3-5-7-17)15-22-23(29)28-25(33-22)27-19-11-9-18(26)10-12-19/h3-15H,2H2,1H3,(H,27,28,29)/b22-15-. The van der Waals surface area contributed by atoms with Gasteiger partial charge in [0.2, 0.25) is 0 Å². The van der Waals surface area contributed by atoms with E-state index >= 15 is 0 Å². The Labute approximate surface area is 200 Å². The molecule has 1 saturated heterocycles. The molecule has 0 unspecified atom stereocenters. The van der Waals surface area contributed by atoms with E-state index in [0.29, 0.717) is 44.5 Å². The van der Waals surface area contributed by atoms with Crippen LogP contribution >= 0.6 is 23.4 Å². The van der Waals surface area contributed by atoms with Crippen LogP contribution in [0.2, 0.25) is 5.02 Å². The molecular formula is C25H19ClN2O4S. The summed E-state index contributed by atoms with van der Waals surface area (Å²) in [6, 6.07) is 20.9. The Morgan fingerprint density at radius 3 is 2.55 bits per heavy atom. The van der Waals surface area contributed by atoms with E-state index < -0.39 is 5.97 Å². The third kappa shape index (κ3) is 5.83. The summed E-state index contributed by atoms with van der Waals surface area (Å²) in [5, 5.41) is 3.85. The molecule has 1 aliphatic rings. The molecule has 0 bridgehead atoms. The summed E-state index contributed by atoms with van der Waals surface area (Å²) >= 11 is 7.14. The summed E-state index contributed by atoms with van der Waals surface area (Å²) in [5.41, 5.74) is 1.85. The van der Waals surface area contributed by atoms with Gasteiger partial charge in [-0.1, -0.05) is 35.9 Å². The van der Waals surface area contributed by atoms with Gasteiger partial charge in [0.05, 0.1) is 22.8 Å². The van der Waals surface area contributed by atoms with Crippen molar-refractivity contribution in [2.75, 3.05) is 6.61 Å². The number of nitrogens with zero attached hydrogens (tertiary/aromatic N) is 1. The first-order valence-electron chi connectivity index (χ1n) is 10.1. The minimum absolute atomic E-state index is 0.245. The molecule has 0 spiro atoms. The summed E-state index contributed by atoms with van der Waals surface area (Å²) in [6.45, 7) is 2.23. The molecule has 0 aromatic heterocycles. The van der Waals surface area contributed by atoms with Gasteiger partial charge >= 0.3 is 5.97 Å². The fourth-order valence-electron chi connectivity index (χ4n) is 2.96. The third-order valence-corrected chi connectivity index (χ3v) is 5.65. The minimum atomic E-state index is -0.476. The highest BCUT2D eigenvalue weighted by molar-refractivity contribution is 8.18. The number of benzene rings is 3. The van der Waals surface area contributed by atoms with Gasteiger partial charge in [0, 0.05) is 5.02 Å². The lowest BCUT2D eigenvalue weighted by molar-refractivity contribution is -0.115. The van der Waals surface area contributed by atoms with Crippen LogP contribution in [0.5, 0.6) is 11.5 Å². The summed E-state index contributed by atoms with van der Waals surface area (Å²) in [7, 11) is 0. The molecule has 33 heavy (non-hydrogen) atoms. The SMILES string of the molecule is CCOc1cc(/C=C2\SC(=Nc3ccc(Cl)cc3)NC2=O)ccc1OC(=O)c1ccccc1. The van der Waals surface area contributed by atoms with Crippen LogP contribution in [0.15, 0.2) is 82.7 Å². The Bertz CT molecular complexity index is 1240. The van der Waals surface area contributed by atoms with Crippen LogP contribution in [0.1, 0.15) is 22.8 Å². The van der Waals surface area contributed by atoms with Crippen molar-refractivity contribution < 1.29 is 19.1 Å². The Balaban J connectivity index is 1.54. The molecule has 0 aliphatic carbocycles. The number of amides is 1. The van der Waals surface area contributed by atoms with Crippen LogP contribution in [-0.2, 0) is 4.79 Å². The lowest BCUT2D eigenvalue weighted by Crippen LogP contribution is -2.19. The summed E-state index contributed by atoms with van der Waals surface area (Å²) in [5.74, 6) is -0.00217. The lowest BCUT2D eigenvalue weighted by atomic mass is 10.1. The number of carbonyl (C=O) groups is 2. The Morgan fingerprint density at radius 1 is 1.06 bits per heavy atom. The number of nitrogens with one attached hydrogen (secondary N) is 1. The molecule has 1 heterocycles. The number of rotatable bonds is 6. The van der Waals surface area contributed by atoms with Gasteiger partial charge in [-0.15, -0.1) is 0 Å². The van der Waals surface area contributed by atoms with Crippen LogP contribution in [0, 0.1) is 0 Å². The fourth-order valence-corrected chi connectivity index (χ4v) is 3.93. The van der Waals surface area contributed by atoms with Gasteiger partial charge in [0.1, 0.15) is 0 Å². The molecule has 0 radical (unpaired) electrons. The van der Waals surface area contributed by atoms with Crippen LogP contribution in [0.4, 0.5) is 5.69 Å². The molecule has 3 aromatic carbocycles. The molecule has 0 saturated carbocycles. The average Bonchev–Trinajstić information content (AvgIpc) is 3.16. The second-order valence-corrected chi connectivity index (χ2v) is 8.32. The summed E-state index contributed by atoms with van der Waals surface area (Å²) in [4.78, 5) is 29.7. The maximum Gasteiger partial charge on any atom is 0.343 e. The van der Waals surface area contributed by atoms with E-state index in [1.54, 1.807) is 72.8 Å². The number of carbonyl (C=O) groups excluding carboxylic acids is 2. The van der Waals surface area contributed by atoms with Crippen molar-refractivity contribution in [3.8, 4) is 11.5 Å². The average molecular weight is 479 g/mol. The molecule has 4 rings (SSSR count). The van der Waals surface area contributed by atoms with Crippen LogP contribution < -0.4 is 14.8 Å². The number of hydrogen-bond acceptors (Lipinski definition) is 6. The van der Waals surface area contributed by atoms with E-state index in [9.17, 15) is 9.59 Å². The number of amidine groups is 1. The molecule has 1 amide bonds. The Hall–Kier alpha value is -3.55. The zero-order valence-electron chi connectivity index (χ0n) is 17.6. The molecule has 8 heteroatoms. The van der Waals surface area contributed by atoms with Crippen LogP contribution in [0.3, 0.4) is 0 Å². The minimum Gasteiger partial charge on any atom is -0.490 e. The highest BCUT2D eigenvalue weighted by Gasteiger charge is 2.24. The third-order valence-electron chi connectivity index (χ3n) is 4.49. The number of aliphatic imine (C=N–C) groups is 1. The smallest absolute Gasteiger partial charge is 0.343 e. The Kier molecular flexibility index (Phi) is 7.12. The van der Waals surface area contributed by atoms with E-state index in [-0.39, 0.29) is 5.91 Å². The highest BCUT2D eigenvalue weighted by Crippen LogP contribution is 2.33. The van der Waals surface area contributed by atoms with Crippen LogP contribution in [-0.4, -0.2) is 23.7 Å². The number of hydrogen-bond donors (Lipinski definition) is 1. The van der Waals surface area contributed by atoms with Gasteiger partial charge in [-0.3, -0.25) is 4.79 Å². The largest absolute Gasteiger partial charge is 0.490 e. The summed E-state index contributed by atoms with van der Waals surface area (Å²) in [6.07, 6.45) is 1.73. The Morgan fingerprint density at radius 2 is 1.82 bits per heavy atom. The fraction of sp³-hybridized carbons (Fsp3) is 0.0800. The molecule has 0 atom stereocenters. The number of thioether (sulfide) groups is 1. The van der Waals surface area contributed by atoms with E-state index in [1.165, 1.54) is 11.8 Å². The molecule has 1 fully saturated rings. The van der Waals surface area contributed by atoms with Crippen LogP contribution in [0.25, 0.3) is 6.08 Å². The maximum atomic E-state index is 12.4. The maximum absolute atomic E-state index is 12.4. The monoisotopic (exact) mass is 478 g/mol. The summed E-state index contributed by atoms with van der Waals surface area (Å²) < 4.78 is 11.2. The first kappa shape index (κ1) is 22.6. The highest BCUT2D eigenvalue weighted by atomic mass is 35.5. The predicted octanol–water partition coefficient (Wildman–Crippen LogP) is 5.85. The zero-order chi connectivity index (χ0) is 23.2. The van der Waals surface area contributed by atoms with E-state index in [4.69, 9.17) is 21.1 Å². The van der Waals surface area contributed by atoms with Gasteiger partial charge < -0.3 is 14.8 Å². The lowest BCUT2D eigenvalue weighted by Gasteiger charge is -2.11. The predicted molar refractivity (Wildman–Crippen MR) is 131 cm³/mol. The van der Waals surface area contributed by atoms with Gasteiger partial charge in [0.15, 0.2) is 16.7 Å². The zero-order valence-corrected chi connectivity index (χ0v) is 19.2. The molecule has 1 N–H and O–H groups in total. The van der Waals surface area contributed by atoms with Gasteiger partial charge in [-0.05, 0) is 78.9 Å². The van der Waals surface area contributed by atoms with E-state index in [1.807, 2.05) is 13.0 Å². The topological polar surface area (TPSA) is 77.0 Å². The van der Waals surface area contributed by atoms with Crippen molar-refractivity contribution in [3.05, 3.63) is 93.9 Å². The van der Waals surface area contributed by atoms with Crippen molar-refractivity contribution in [2.24, 2.45) is 4.99 Å². The first-order valence-corrected chi connectivity index (χ1v) is 11.3. The first-order chi connectivity index (χ1) is 16.0. The normalized spacial score (nSPS) is 15.5. The van der Waals surface area contributed by atoms with E-state index in [2.05, 4.69) is 10.3 Å². The van der Waals surface area contributed by atoms with Gasteiger partial charge in [0.25, 0.3) is 5.91 Å². The molecule has 166 valence electrons. The van der Waals surface area contributed by atoms with Gasteiger partial charge in [-0.25, -0.2) is 9.79 Å². The number of esters is 1. The van der Waals surface area contributed by atoms with Gasteiger partial charge in [-0.2, -0.15) is 0 Å². The van der Waals surface area contributed by atoms with Crippen molar-refractivity contribution in [2.45, 2.75) is 6.92 Å². The second kappa shape index (κ2) is 10.4. The van der Waals surface area contributed by atoms with Crippen molar-refractivity contribution >= 4 is 52.2 Å². The number of ether oxygens (including phenoxy) is 2. The molecule has 3 aromatic rings. The van der Waals surface area contributed by atoms with Crippen molar-refractivity contribution in [3.63, 3.8) is 0 Å². The molecule has 1 aliphatic heterocycles. The van der Waals surface area contributed by atoms with Crippen molar-refractivity contribution in [1.82, 2.24) is 5.32 Å². The molecular weight excluding hydrogens is 460 g/mol. The molecule has 6 nitrogen and oxygen atoms in total. The van der Waals surface area contributed by atoms with Crippen molar-refractivity contribution in [1.29, 1.82) is 0 Å². The van der Waals surface area contributed by atoms with E-state index in [0.717, 1.165) is 5.56 Å². The quantitative estimate of drug-likeness (QED) is 0.273. The number of halogens is 1. The second-order valence-electron chi connectivity index (χ2n) is 6.85.